The van der Waals surface area contributed by atoms with Crippen LogP contribution in [0.25, 0.3) is 0 Å². The maximum atomic E-state index is 11.9. The fourth-order valence-electron chi connectivity index (χ4n) is 4.94. The Balaban J connectivity index is 0.00000400. The van der Waals surface area contributed by atoms with Crippen LogP contribution in [-0.4, -0.2) is 28.4 Å². The number of benzene rings is 3. The zero-order chi connectivity index (χ0) is 26.3. The van der Waals surface area contributed by atoms with E-state index in [9.17, 15) is 23.2 Å². The molecule has 2 atom stereocenters. The normalized spacial score (nSPS) is 16.6. The Labute approximate surface area is 247 Å². The van der Waals surface area contributed by atoms with Crippen molar-refractivity contribution in [1.29, 1.82) is 0 Å². The first-order valence-electron chi connectivity index (χ1n) is 12.7. The number of phenolic OH excluding ortho intramolecular Hbond substituents is 1. The van der Waals surface area contributed by atoms with Crippen molar-refractivity contribution in [3.05, 3.63) is 108 Å². The zero-order valence-corrected chi connectivity index (χ0v) is 24.5. The second-order valence-corrected chi connectivity index (χ2v) is 11.3. The number of hydrogen-bond donors (Lipinski definition) is 2. The molecule has 0 amide bonds. The van der Waals surface area contributed by atoms with Crippen LogP contribution in [0.4, 0.5) is 0 Å². The van der Waals surface area contributed by atoms with Gasteiger partial charge in [0.25, 0.3) is 0 Å². The van der Waals surface area contributed by atoms with Crippen LogP contribution in [0.3, 0.4) is 0 Å². The molecule has 3 aromatic rings. The van der Waals surface area contributed by atoms with E-state index >= 15 is 0 Å². The number of aliphatic hydroxyl groups is 1. The summed E-state index contributed by atoms with van der Waals surface area (Å²) in [5.74, 6) is 0.861. The average molecular weight is 545 g/mol. The smallest absolute Gasteiger partial charge is 0.748 e. The van der Waals surface area contributed by atoms with Gasteiger partial charge in [0.1, 0.15) is 17.1 Å². The molecule has 0 aromatic heterocycles. The van der Waals surface area contributed by atoms with Gasteiger partial charge in [-0.05, 0) is 85.9 Å². The Bertz CT molecular complexity index is 1270. The summed E-state index contributed by atoms with van der Waals surface area (Å²) in [4.78, 5) is 0. The third-order valence-electron chi connectivity index (χ3n) is 7.06. The molecule has 0 aliphatic heterocycles. The number of allylic oxidation sites excluding steroid dienone is 1. The van der Waals surface area contributed by atoms with Gasteiger partial charge in [0.2, 0.25) is 0 Å². The molecule has 1 aliphatic rings. The Kier molecular flexibility index (Phi) is 11.0. The predicted octanol–water partition coefficient (Wildman–Crippen LogP) is 2.77. The zero-order valence-electron chi connectivity index (χ0n) is 21.7. The predicted molar refractivity (Wildman–Crippen MR) is 142 cm³/mol. The minimum absolute atomic E-state index is 0. The molecule has 0 heterocycles. The molecule has 0 radical (unpaired) electrons. The molecule has 1 fully saturated rings. The van der Waals surface area contributed by atoms with Crippen LogP contribution in [0.2, 0.25) is 0 Å². The van der Waals surface area contributed by atoms with E-state index in [-0.39, 0.29) is 53.7 Å². The van der Waals surface area contributed by atoms with Crippen molar-refractivity contribution in [2.24, 2.45) is 0 Å². The molecule has 1 aliphatic carbocycles. The van der Waals surface area contributed by atoms with Gasteiger partial charge in [0.05, 0.1) is 21.5 Å². The Hall–Kier alpha value is -2.13. The third kappa shape index (κ3) is 8.18. The number of aliphatic hydroxyl groups excluding tert-OH is 1. The second-order valence-electron chi connectivity index (χ2n) is 9.67. The SMILES string of the molecule is O=S(=O)([O-])C(CC=CC(O)c1ccc(O)cc1)CCc1ccc(OC2(c3ccccc3)CCCC2)cc1.[Na+]. The molecule has 4 rings (SSSR count). The minimum atomic E-state index is -4.51. The average Bonchev–Trinajstić information content (AvgIpc) is 3.37. The van der Waals surface area contributed by atoms with Crippen LogP contribution in [-0.2, 0) is 22.1 Å². The van der Waals surface area contributed by atoms with Gasteiger partial charge in [-0.25, -0.2) is 8.42 Å². The van der Waals surface area contributed by atoms with Crippen LogP contribution >= 0.6 is 0 Å². The molecule has 0 saturated heterocycles. The van der Waals surface area contributed by atoms with E-state index < -0.39 is 21.5 Å². The molecule has 2 unspecified atom stereocenters. The van der Waals surface area contributed by atoms with E-state index in [1.54, 1.807) is 12.1 Å². The second kappa shape index (κ2) is 13.8. The summed E-state index contributed by atoms with van der Waals surface area (Å²) in [5.41, 5.74) is 2.35. The van der Waals surface area contributed by atoms with Gasteiger partial charge >= 0.3 is 29.6 Å². The topological polar surface area (TPSA) is 107 Å². The molecular formula is C30H33NaO6S. The molecule has 6 nitrogen and oxygen atoms in total. The maximum absolute atomic E-state index is 11.9. The monoisotopic (exact) mass is 544 g/mol. The van der Waals surface area contributed by atoms with Crippen LogP contribution in [0.5, 0.6) is 11.5 Å². The Morgan fingerprint density at radius 2 is 1.58 bits per heavy atom. The first kappa shape index (κ1) is 30.4. The van der Waals surface area contributed by atoms with Crippen molar-refractivity contribution in [3.8, 4) is 11.5 Å². The summed E-state index contributed by atoms with van der Waals surface area (Å²) in [7, 11) is -4.51. The number of hydrogen-bond acceptors (Lipinski definition) is 6. The molecule has 0 spiro atoms. The summed E-state index contributed by atoms with van der Waals surface area (Å²) < 4.78 is 42.1. The maximum Gasteiger partial charge on any atom is 1.00 e. The molecule has 38 heavy (non-hydrogen) atoms. The molecule has 2 N–H and O–H groups in total. The molecule has 196 valence electrons. The van der Waals surface area contributed by atoms with Crippen LogP contribution < -0.4 is 34.3 Å². The van der Waals surface area contributed by atoms with E-state index in [1.165, 1.54) is 29.8 Å². The fraction of sp³-hybridized carbons (Fsp3) is 0.333. The van der Waals surface area contributed by atoms with Crippen molar-refractivity contribution < 1.29 is 57.5 Å². The summed E-state index contributed by atoms with van der Waals surface area (Å²) in [6.45, 7) is 0. The van der Waals surface area contributed by atoms with Crippen molar-refractivity contribution in [2.45, 2.75) is 61.9 Å². The van der Waals surface area contributed by atoms with Crippen LogP contribution in [0, 0.1) is 0 Å². The molecule has 8 heteroatoms. The van der Waals surface area contributed by atoms with E-state index in [2.05, 4.69) is 12.1 Å². The van der Waals surface area contributed by atoms with Crippen molar-refractivity contribution in [1.82, 2.24) is 0 Å². The van der Waals surface area contributed by atoms with Crippen molar-refractivity contribution in [3.63, 3.8) is 0 Å². The standard InChI is InChI=1S/C30H34O6S.Na/c31-26-16-14-24(15-17-26)29(32)10-6-9-28(37(33,34)35)20-13-23-11-18-27(19-12-23)36-30(21-4-5-22-30)25-7-2-1-3-8-25;/h1-3,6-8,10-12,14-19,28-29,31-32H,4-5,9,13,20-22H2,(H,33,34,35);/q;+1/p-1. The Morgan fingerprint density at radius 1 is 0.947 bits per heavy atom. The number of aryl methyl sites for hydroxylation is 1. The van der Waals surface area contributed by atoms with Crippen LogP contribution in [0.15, 0.2) is 91.0 Å². The van der Waals surface area contributed by atoms with E-state index in [0.29, 0.717) is 12.0 Å². The van der Waals surface area contributed by atoms with E-state index in [4.69, 9.17) is 4.74 Å². The molecule has 1 saturated carbocycles. The fourth-order valence-corrected chi connectivity index (χ4v) is 5.69. The van der Waals surface area contributed by atoms with E-state index in [0.717, 1.165) is 37.0 Å². The summed E-state index contributed by atoms with van der Waals surface area (Å²) in [6.07, 6.45) is 6.85. The summed E-state index contributed by atoms with van der Waals surface area (Å²) in [6, 6.07) is 24.0. The van der Waals surface area contributed by atoms with Gasteiger partial charge in [0, 0.05) is 0 Å². The van der Waals surface area contributed by atoms with Gasteiger partial charge in [-0.1, -0.05) is 66.7 Å². The van der Waals surface area contributed by atoms with Gasteiger partial charge < -0.3 is 19.5 Å². The minimum Gasteiger partial charge on any atom is -0.748 e. The molecule has 0 bridgehead atoms. The first-order chi connectivity index (χ1) is 17.7. The number of rotatable bonds is 11. The number of ether oxygens (including phenoxy) is 1. The largest absolute Gasteiger partial charge is 1.00 e. The Morgan fingerprint density at radius 3 is 2.18 bits per heavy atom. The van der Waals surface area contributed by atoms with Crippen LogP contribution in [0.1, 0.15) is 61.3 Å². The van der Waals surface area contributed by atoms with Gasteiger partial charge in [-0.2, -0.15) is 0 Å². The summed E-state index contributed by atoms with van der Waals surface area (Å²) in [5, 5.41) is 18.5. The number of phenols is 1. The van der Waals surface area contributed by atoms with Gasteiger partial charge in [-0.3, -0.25) is 0 Å². The summed E-state index contributed by atoms with van der Waals surface area (Å²) >= 11 is 0. The third-order valence-corrected chi connectivity index (χ3v) is 8.31. The van der Waals surface area contributed by atoms with Crippen molar-refractivity contribution >= 4 is 10.1 Å². The first-order valence-corrected chi connectivity index (χ1v) is 14.1. The quantitative estimate of drug-likeness (QED) is 0.218. The van der Waals surface area contributed by atoms with Crippen molar-refractivity contribution in [2.75, 3.05) is 0 Å². The van der Waals surface area contributed by atoms with Gasteiger partial charge in [-0.15, -0.1) is 0 Å². The van der Waals surface area contributed by atoms with Gasteiger partial charge in [0.15, 0.2) is 0 Å². The van der Waals surface area contributed by atoms with E-state index in [1.807, 2.05) is 42.5 Å². The molecular weight excluding hydrogens is 511 g/mol. The number of aromatic hydroxyl groups is 1. The molecule has 3 aromatic carbocycles.